The van der Waals surface area contributed by atoms with Crippen LogP contribution in [0.15, 0.2) is 0 Å². The average molecular weight is 216 g/mol. The van der Waals surface area contributed by atoms with Gasteiger partial charge in [-0.05, 0) is 37.5 Å². The molecular formula is C13H22F2. The molecule has 0 saturated heterocycles. The highest BCUT2D eigenvalue weighted by Crippen LogP contribution is 2.41. The largest absolute Gasteiger partial charge is 0.241 e. The van der Waals surface area contributed by atoms with Crippen LogP contribution >= 0.6 is 0 Å². The average Bonchev–Trinajstić information content (AvgIpc) is 2.30. The third-order valence-electron chi connectivity index (χ3n) is 4.49. The third kappa shape index (κ3) is 2.92. The number of hydrogen-bond donors (Lipinski definition) is 0. The van der Waals surface area contributed by atoms with E-state index in [1.165, 1.54) is 32.1 Å². The maximum absolute atomic E-state index is 12.5. The molecule has 0 bridgehead atoms. The molecule has 0 aromatic heterocycles. The normalized spacial score (nSPS) is 34.6. The lowest BCUT2D eigenvalue weighted by atomic mass is 9.71. The molecule has 2 heteroatoms. The monoisotopic (exact) mass is 216 g/mol. The Balaban J connectivity index is 1.77. The Morgan fingerprint density at radius 2 is 1.20 bits per heavy atom. The maximum atomic E-state index is 12.5. The van der Waals surface area contributed by atoms with Gasteiger partial charge in [0, 0.05) is 5.92 Å². The molecule has 0 aromatic carbocycles. The second-order valence-electron chi connectivity index (χ2n) is 5.41. The molecule has 0 aromatic rings. The van der Waals surface area contributed by atoms with Crippen molar-refractivity contribution in [2.24, 2.45) is 17.8 Å². The summed E-state index contributed by atoms with van der Waals surface area (Å²) in [6.07, 6.45) is 8.49. The van der Waals surface area contributed by atoms with E-state index in [-0.39, 0.29) is 5.92 Å². The Labute approximate surface area is 91.4 Å². The Morgan fingerprint density at radius 3 is 1.73 bits per heavy atom. The van der Waals surface area contributed by atoms with Crippen molar-refractivity contribution in [2.45, 2.75) is 64.2 Å². The number of halogens is 2. The van der Waals surface area contributed by atoms with E-state index in [2.05, 4.69) is 0 Å². The van der Waals surface area contributed by atoms with E-state index in [1.54, 1.807) is 0 Å². The van der Waals surface area contributed by atoms with Crippen LogP contribution in [0.3, 0.4) is 0 Å². The number of alkyl halides is 2. The van der Waals surface area contributed by atoms with E-state index in [0.717, 1.165) is 37.5 Å². The highest BCUT2D eigenvalue weighted by Gasteiger charge is 2.31. The molecule has 0 amide bonds. The van der Waals surface area contributed by atoms with E-state index in [1.807, 2.05) is 0 Å². The molecule has 0 spiro atoms. The molecule has 2 fully saturated rings. The van der Waals surface area contributed by atoms with E-state index >= 15 is 0 Å². The quantitative estimate of drug-likeness (QED) is 0.631. The summed E-state index contributed by atoms with van der Waals surface area (Å²) in [6.45, 7) is 0. The van der Waals surface area contributed by atoms with Crippen LogP contribution in [0.25, 0.3) is 0 Å². The molecule has 2 saturated carbocycles. The minimum Gasteiger partial charge on any atom is -0.210 e. The molecular weight excluding hydrogens is 194 g/mol. The second kappa shape index (κ2) is 5.27. The fourth-order valence-corrected chi connectivity index (χ4v) is 3.47. The van der Waals surface area contributed by atoms with Crippen molar-refractivity contribution in [3.63, 3.8) is 0 Å². The summed E-state index contributed by atoms with van der Waals surface area (Å²) in [4.78, 5) is 0. The molecule has 0 aliphatic heterocycles. The second-order valence-corrected chi connectivity index (χ2v) is 5.41. The van der Waals surface area contributed by atoms with Gasteiger partial charge >= 0.3 is 0 Å². The summed E-state index contributed by atoms with van der Waals surface area (Å²) in [5, 5.41) is 0. The topological polar surface area (TPSA) is 0 Å². The van der Waals surface area contributed by atoms with Crippen LogP contribution in [0, 0.1) is 17.8 Å². The zero-order valence-corrected chi connectivity index (χ0v) is 9.43. The lowest BCUT2D eigenvalue weighted by molar-refractivity contribution is 0.0359. The van der Waals surface area contributed by atoms with Crippen molar-refractivity contribution in [3.8, 4) is 0 Å². The van der Waals surface area contributed by atoms with Gasteiger partial charge in [0.05, 0.1) is 0 Å². The molecule has 0 unspecified atom stereocenters. The summed E-state index contributed by atoms with van der Waals surface area (Å²) >= 11 is 0. The van der Waals surface area contributed by atoms with Crippen LogP contribution in [0.2, 0.25) is 0 Å². The first-order chi connectivity index (χ1) is 7.27. The standard InChI is InChI=1S/C13H22F2/c14-13(15)12-8-6-11(7-9-12)10-4-2-1-3-5-10/h10-13H,1-9H2. The molecule has 15 heavy (non-hydrogen) atoms. The fourth-order valence-electron chi connectivity index (χ4n) is 3.47. The van der Waals surface area contributed by atoms with Gasteiger partial charge in [-0.1, -0.05) is 32.1 Å². The van der Waals surface area contributed by atoms with Gasteiger partial charge in [-0.3, -0.25) is 0 Å². The summed E-state index contributed by atoms with van der Waals surface area (Å²) in [6, 6.07) is 0. The van der Waals surface area contributed by atoms with Gasteiger partial charge in [0.1, 0.15) is 0 Å². The van der Waals surface area contributed by atoms with Gasteiger partial charge in [0.25, 0.3) is 0 Å². The van der Waals surface area contributed by atoms with Crippen molar-refractivity contribution in [1.82, 2.24) is 0 Å². The van der Waals surface area contributed by atoms with Crippen LogP contribution in [0.4, 0.5) is 8.78 Å². The van der Waals surface area contributed by atoms with Crippen LogP contribution in [-0.2, 0) is 0 Å². The predicted octanol–water partition coefficient (Wildman–Crippen LogP) is 4.64. The maximum Gasteiger partial charge on any atom is 0.241 e. The van der Waals surface area contributed by atoms with E-state index in [4.69, 9.17) is 0 Å². The predicted molar refractivity (Wildman–Crippen MR) is 58.0 cm³/mol. The number of rotatable bonds is 2. The van der Waals surface area contributed by atoms with Gasteiger partial charge in [0.15, 0.2) is 0 Å². The van der Waals surface area contributed by atoms with Crippen molar-refractivity contribution < 1.29 is 8.78 Å². The fraction of sp³-hybridized carbons (Fsp3) is 1.00. The van der Waals surface area contributed by atoms with Crippen LogP contribution in [0.1, 0.15) is 57.8 Å². The Morgan fingerprint density at radius 1 is 0.667 bits per heavy atom. The molecule has 0 radical (unpaired) electrons. The summed E-state index contributed by atoms with van der Waals surface area (Å²) in [5.41, 5.74) is 0. The molecule has 88 valence electrons. The molecule has 2 aliphatic rings. The Kier molecular flexibility index (Phi) is 3.99. The van der Waals surface area contributed by atoms with Crippen LogP contribution < -0.4 is 0 Å². The van der Waals surface area contributed by atoms with E-state index < -0.39 is 6.43 Å². The summed E-state index contributed by atoms with van der Waals surface area (Å²) in [7, 11) is 0. The van der Waals surface area contributed by atoms with E-state index in [9.17, 15) is 8.78 Å². The summed E-state index contributed by atoms with van der Waals surface area (Å²) < 4.78 is 25.0. The van der Waals surface area contributed by atoms with Gasteiger partial charge in [-0.2, -0.15) is 0 Å². The SMILES string of the molecule is FC(F)C1CCC(C2CCCCC2)CC1. The lowest BCUT2D eigenvalue weighted by Gasteiger charge is -2.35. The molecule has 0 atom stereocenters. The van der Waals surface area contributed by atoms with Crippen molar-refractivity contribution in [1.29, 1.82) is 0 Å². The van der Waals surface area contributed by atoms with Crippen molar-refractivity contribution in [3.05, 3.63) is 0 Å². The van der Waals surface area contributed by atoms with Gasteiger partial charge in [-0.25, -0.2) is 8.78 Å². The molecule has 2 aliphatic carbocycles. The zero-order valence-electron chi connectivity index (χ0n) is 9.43. The van der Waals surface area contributed by atoms with Gasteiger partial charge in [0.2, 0.25) is 6.43 Å². The first-order valence-corrected chi connectivity index (χ1v) is 6.55. The van der Waals surface area contributed by atoms with Crippen LogP contribution in [0.5, 0.6) is 0 Å². The van der Waals surface area contributed by atoms with E-state index in [0.29, 0.717) is 0 Å². The van der Waals surface area contributed by atoms with Crippen molar-refractivity contribution in [2.75, 3.05) is 0 Å². The highest BCUT2D eigenvalue weighted by molar-refractivity contribution is 4.80. The van der Waals surface area contributed by atoms with Crippen molar-refractivity contribution >= 4 is 0 Å². The minimum absolute atomic E-state index is 0.287. The zero-order chi connectivity index (χ0) is 10.7. The molecule has 0 nitrogen and oxygen atoms in total. The smallest absolute Gasteiger partial charge is 0.210 e. The first kappa shape index (κ1) is 11.3. The van der Waals surface area contributed by atoms with Gasteiger partial charge < -0.3 is 0 Å². The molecule has 0 N–H and O–H groups in total. The number of hydrogen-bond acceptors (Lipinski definition) is 0. The molecule has 0 heterocycles. The highest BCUT2D eigenvalue weighted by atomic mass is 19.3. The van der Waals surface area contributed by atoms with Gasteiger partial charge in [-0.15, -0.1) is 0 Å². The lowest BCUT2D eigenvalue weighted by Crippen LogP contribution is -2.26. The third-order valence-corrected chi connectivity index (χ3v) is 4.49. The molecule has 2 rings (SSSR count). The Bertz CT molecular complexity index is 177. The summed E-state index contributed by atoms with van der Waals surface area (Å²) in [5.74, 6) is 1.36. The minimum atomic E-state index is -2.07. The van der Waals surface area contributed by atoms with Crippen LogP contribution in [-0.4, -0.2) is 6.43 Å². The first-order valence-electron chi connectivity index (χ1n) is 6.55. The Hall–Kier alpha value is -0.140.